The number of carboxylic acid groups (broad SMARTS) is 1. The topological polar surface area (TPSA) is 86.9 Å². The van der Waals surface area contributed by atoms with Crippen LogP contribution in [0.1, 0.15) is 91.3 Å². The van der Waals surface area contributed by atoms with E-state index in [1.165, 1.54) is 81.1 Å². The zero-order valence-electron chi connectivity index (χ0n) is 25.3. The number of aliphatic hydroxyl groups excluding tert-OH is 1. The molecule has 0 amide bonds. The molecule has 0 atom stereocenters. The third kappa shape index (κ3) is 11.3. The first kappa shape index (κ1) is 35.8. The Bertz CT molecular complexity index is 1560. The van der Waals surface area contributed by atoms with E-state index in [4.69, 9.17) is 5.11 Å². The van der Waals surface area contributed by atoms with Gasteiger partial charge in [-0.15, -0.1) is 11.3 Å². The molecule has 4 aromatic rings. The standard InChI is InChI=1S/C19H12F4N2O3.C15H27NS/c20-13-5-3-4-11(8-13)12-9-14(19(21,22)23)17-24-16(18(27)28)15(25(17)10-12)6-1-2-7-26;1-2-3-4-5-6-7-8-9-12-16-14-15-11-10-13-17-15/h3-5,8-10,26H,2,7H2,(H,27,28);10-11,13,16H,2-9,12,14H2,1H3. The molecule has 0 radical (unpaired) electrons. The summed E-state index contributed by atoms with van der Waals surface area (Å²) in [6.45, 7) is 4.20. The first-order valence-corrected chi connectivity index (χ1v) is 16.0. The molecule has 0 saturated heterocycles. The molecule has 0 spiro atoms. The SMILES string of the molecule is CCCCCCCCCCNCc1cccs1.O=C(O)c1nc2c(C(F)(F)F)cc(-c3cccc(F)c3)cn2c1C#CCCO. The monoisotopic (exact) mass is 645 g/mol. The Balaban J connectivity index is 0.000000279. The van der Waals surface area contributed by atoms with E-state index in [1.807, 2.05) is 11.3 Å². The number of aromatic carboxylic acids is 1. The van der Waals surface area contributed by atoms with Gasteiger partial charge in [-0.05, 0) is 59.7 Å². The number of benzene rings is 1. The van der Waals surface area contributed by atoms with E-state index < -0.39 is 34.9 Å². The summed E-state index contributed by atoms with van der Waals surface area (Å²) in [4.78, 5) is 16.5. The molecule has 1 aromatic carbocycles. The van der Waals surface area contributed by atoms with E-state index in [2.05, 4.69) is 46.6 Å². The number of nitrogens with zero attached hydrogens (tertiary/aromatic N) is 2. The van der Waals surface area contributed by atoms with Crippen molar-refractivity contribution >= 4 is 23.0 Å². The van der Waals surface area contributed by atoms with Gasteiger partial charge in [-0.3, -0.25) is 4.40 Å². The van der Waals surface area contributed by atoms with E-state index in [0.717, 1.165) is 29.1 Å². The summed E-state index contributed by atoms with van der Waals surface area (Å²) in [5.41, 5.74) is -2.52. The highest BCUT2D eigenvalue weighted by atomic mass is 32.1. The van der Waals surface area contributed by atoms with Crippen molar-refractivity contribution in [1.29, 1.82) is 0 Å². The number of nitrogens with one attached hydrogen (secondary N) is 1. The fourth-order valence-electron chi connectivity index (χ4n) is 4.66. The Morgan fingerprint density at radius 1 is 1.02 bits per heavy atom. The van der Waals surface area contributed by atoms with Crippen LogP contribution in [0.4, 0.5) is 17.6 Å². The zero-order valence-corrected chi connectivity index (χ0v) is 26.1. The van der Waals surface area contributed by atoms with Gasteiger partial charge in [0, 0.05) is 24.0 Å². The number of unbranched alkanes of at least 4 members (excludes halogenated alkanes) is 7. The Kier molecular flexibility index (Phi) is 14.5. The Morgan fingerprint density at radius 3 is 2.38 bits per heavy atom. The Labute approximate surface area is 265 Å². The summed E-state index contributed by atoms with van der Waals surface area (Å²) in [6, 6.07) is 10.1. The normalized spacial score (nSPS) is 11.2. The molecule has 0 aliphatic rings. The summed E-state index contributed by atoms with van der Waals surface area (Å²) in [5, 5.41) is 23.8. The van der Waals surface area contributed by atoms with Crippen LogP contribution in [0, 0.1) is 17.7 Å². The van der Waals surface area contributed by atoms with Gasteiger partial charge in [0.25, 0.3) is 0 Å². The lowest BCUT2D eigenvalue weighted by molar-refractivity contribution is -0.136. The number of rotatable bonds is 14. The summed E-state index contributed by atoms with van der Waals surface area (Å²) in [7, 11) is 0. The van der Waals surface area contributed by atoms with Crippen LogP contribution in [0.25, 0.3) is 16.8 Å². The van der Waals surface area contributed by atoms with Crippen molar-refractivity contribution in [3.05, 3.63) is 81.7 Å². The van der Waals surface area contributed by atoms with Crippen LogP contribution in [0.3, 0.4) is 0 Å². The number of carboxylic acids is 1. The molecule has 3 aromatic heterocycles. The number of alkyl halides is 3. The molecule has 3 N–H and O–H groups in total. The molecule has 0 fully saturated rings. The van der Waals surface area contributed by atoms with Crippen molar-refractivity contribution in [3.8, 4) is 23.0 Å². The molecule has 0 unspecified atom stereocenters. The predicted octanol–water partition coefficient (Wildman–Crippen LogP) is 8.57. The molecule has 11 heteroatoms. The van der Waals surface area contributed by atoms with E-state index in [0.29, 0.717) is 0 Å². The van der Waals surface area contributed by atoms with E-state index in [9.17, 15) is 27.5 Å². The second kappa shape index (κ2) is 18.3. The number of aliphatic hydroxyl groups is 1. The van der Waals surface area contributed by atoms with Crippen LogP contribution in [-0.4, -0.2) is 38.7 Å². The van der Waals surface area contributed by atoms with Crippen LogP contribution in [0.15, 0.2) is 54.0 Å². The number of imidazole rings is 1. The number of carbonyl (C=O) groups is 1. The quantitative estimate of drug-likeness (QED) is 0.0727. The maximum atomic E-state index is 13.6. The molecule has 6 nitrogen and oxygen atoms in total. The Morgan fingerprint density at radius 2 is 1.76 bits per heavy atom. The molecule has 242 valence electrons. The van der Waals surface area contributed by atoms with Crippen LogP contribution in [0.5, 0.6) is 0 Å². The van der Waals surface area contributed by atoms with Crippen LogP contribution < -0.4 is 5.32 Å². The van der Waals surface area contributed by atoms with E-state index >= 15 is 0 Å². The summed E-state index contributed by atoms with van der Waals surface area (Å²) >= 11 is 1.84. The molecule has 4 rings (SSSR count). The highest BCUT2D eigenvalue weighted by Crippen LogP contribution is 2.36. The van der Waals surface area contributed by atoms with Crippen molar-refractivity contribution in [2.75, 3.05) is 13.2 Å². The minimum atomic E-state index is -4.83. The molecule has 0 bridgehead atoms. The molecular formula is C34H39F4N3O3S. The van der Waals surface area contributed by atoms with Crippen LogP contribution >= 0.6 is 11.3 Å². The highest BCUT2D eigenvalue weighted by Gasteiger charge is 2.36. The number of pyridine rings is 1. The van der Waals surface area contributed by atoms with Crippen molar-refractivity contribution in [3.63, 3.8) is 0 Å². The average molecular weight is 646 g/mol. The number of fused-ring (bicyclic) bond motifs is 1. The van der Waals surface area contributed by atoms with Gasteiger partial charge in [0.2, 0.25) is 0 Å². The predicted molar refractivity (Wildman–Crippen MR) is 170 cm³/mol. The molecule has 0 aliphatic heterocycles. The second-order valence-corrected chi connectivity index (χ2v) is 11.5. The fraction of sp³-hybridized carbons (Fsp3) is 0.412. The van der Waals surface area contributed by atoms with Crippen molar-refractivity contribution in [2.45, 2.75) is 77.4 Å². The van der Waals surface area contributed by atoms with Gasteiger partial charge in [0.15, 0.2) is 11.3 Å². The van der Waals surface area contributed by atoms with Gasteiger partial charge in [-0.1, -0.05) is 76.0 Å². The summed E-state index contributed by atoms with van der Waals surface area (Å²) in [5.74, 6) is 2.76. The van der Waals surface area contributed by atoms with Crippen molar-refractivity contribution in [2.24, 2.45) is 0 Å². The number of halogens is 4. The second-order valence-electron chi connectivity index (χ2n) is 10.5. The van der Waals surface area contributed by atoms with Gasteiger partial charge < -0.3 is 15.5 Å². The van der Waals surface area contributed by atoms with E-state index in [1.54, 1.807) is 0 Å². The minimum Gasteiger partial charge on any atom is -0.476 e. The van der Waals surface area contributed by atoms with Gasteiger partial charge in [0.05, 0.1) is 12.2 Å². The zero-order chi connectivity index (χ0) is 32.7. The fourth-order valence-corrected chi connectivity index (χ4v) is 5.33. The largest absolute Gasteiger partial charge is 0.476 e. The minimum absolute atomic E-state index is 0.00199. The lowest BCUT2D eigenvalue weighted by atomic mass is 10.1. The first-order chi connectivity index (χ1) is 21.7. The smallest absolute Gasteiger partial charge is 0.420 e. The molecule has 45 heavy (non-hydrogen) atoms. The van der Waals surface area contributed by atoms with Crippen molar-refractivity contribution in [1.82, 2.24) is 14.7 Å². The Hall–Kier alpha value is -3.72. The van der Waals surface area contributed by atoms with Gasteiger partial charge in [0.1, 0.15) is 11.5 Å². The number of hydrogen-bond donors (Lipinski definition) is 3. The van der Waals surface area contributed by atoms with E-state index in [-0.39, 0.29) is 29.8 Å². The third-order valence-electron chi connectivity index (χ3n) is 6.92. The first-order valence-electron chi connectivity index (χ1n) is 15.1. The van der Waals surface area contributed by atoms with Crippen LogP contribution in [0.2, 0.25) is 0 Å². The third-order valence-corrected chi connectivity index (χ3v) is 7.79. The maximum absolute atomic E-state index is 13.6. The maximum Gasteiger partial charge on any atom is 0.420 e. The average Bonchev–Trinajstić information content (AvgIpc) is 3.66. The highest BCUT2D eigenvalue weighted by molar-refractivity contribution is 7.09. The summed E-state index contributed by atoms with van der Waals surface area (Å²) in [6.07, 6.45) is 7.63. The van der Waals surface area contributed by atoms with Crippen molar-refractivity contribution < 1.29 is 32.6 Å². The molecule has 0 aliphatic carbocycles. The van der Waals surface area contributed by atoms with Crippen LogP contribution in [-0.2, 0) is 12.7 Å². The molecular weight excluding hydrogens is 606 g/mol. The molecule has 3 heterocycles. The lowest BCUT2D eigenvalue weighted by Gasteiger charge is -2.12. The lowest BCUT2D eigenvalue weighted by Crippen LogP contribution is -2.13. The molecule has 0 saturated carbocycles. The summed E-state index contributed by atoms with van der Waals surface area (Å²) < 4.78 is 55.3. The van der Waals surface area contributed by atoms with Gasteiger partial charge >= 0.3 is 12.1 Å². The van der Waals surface area contributed by atoms with Gasteiger partial charge in [-0.2, -0.15) is 13.2 Å². The number of hydrogen-bond acceptors (Lipinski definition) is 5. The number of aromatic nitrogens is 2. The van der Waals surface area contributed by atoms with Gasteiger partial charge in [-0.25, -0.2) is 14.2 Å². The number of thiophene rings is 1.